The number of benzene rings is 1. The van der Waals surface area contributed by atoms with Crippen molar-refractivity contribution in [3.8, 4) is 0 Å². The van der Waals surface area contributed by atoms with Gasteiger partial charge < -0.3 is 9.16 Å². The van der Waals surface area contributed by atoms with Crippen molar-refractivity contribution in [1.29, 1.82) is 0 Å². The van der Waals surface area contributed by atoms with Gasteiger partial charge in [0.2, 0.25) is 5.79 Å². The summed E-state index contributed by atoms with van der Waals surface area (Å²) in [5.41, 5.74) is 1.14. The molecule has 1 aromatic carbocycles. The van der Waals surface area contributed by atoms with E-state index in [4.69, 9.17) is 9.16 Å². The zero-order chi connectivity index (χ0) is 12.7. The summed E-state index contributed by atoms with van der Waals surface area (Å²) in [5, 5.41) is 0.209. The van der Waals surface area contributed by atoms with Crippen LogP contribution in [0.25, 0.3) is 0 Å². The standard InChI is InChI=1S/C14H22O2Si/c1-13(2,3)17(4,5)16-14(11-15-14)12-9-7-6-8-10-12/h6-10H,11H2,1-5H3. The van der Waals surface area contributed by atoms with Crippen LogP contribution in [0, 0.1) is 0 Å². The third kappa shape index (κ3) is 2.46. The van der Waals surface area contributed by atoms with Crippen LogP contribution in [0.1, 0.15) is 26.3 Å². The SMILES string of the molecule is CC(C)(C)[Si](C)(C)OC1(c2ccccc2)CO1. The molecule has 3 heteroatoms. The van der Waals surface area contributed by atoms with Crippen molar-refractivity contribution in [3.63, 3.8) is 0 Å². The maximum Gasteiger partial charge on any atom is 0.210 e. The molecule has 0 saturated carbocycles. The highest BCUT2D eigenvalue weighted by Crippen LogP contribution is 2.47. The predicted octanol–water partition coefficient (Wildman–Crippen LogP) is 3.89. The average Bonchev–Trinajstić information content (AvgIpc) is 2.98. The molecule has 0 N–H and O–H groups in total. The fourth-order valence-electron chi connectivity index (χ4n) is 1.61. The van der Waals surface area contributed by atoms with Crippen LogP contribution in [0.4, 0.5) is 0 Å². The highest BCUT2D eigenvalue weighted by atomic mass is 28.4. The Morgan fingerprint density at radius 2 is 1.71 bits per heavy atom. The Morgan fingerprint density at radius 3 is 2.12 bits per heavy atom. The van der Waals surface area contributed by atoms with Crippen molar-refractivity contribution in [2.75, 3.05) is 6.61 Å². The second kappa shape index (κ2) is 3.94. The van der Waals surface area contributed by atoms with Crippen LogP contribution in [-0.4, -0.2) is 14.9 Å². The van der Waals surface area contributed by atoms with E-state index < -0.39 is 14.1 Å². The van der Waals surface area contributed by atoms with Gasteiger partial charge >= 0.3 is 0 Å². The molecule has 0 aliphatic carbocycles. The largest absolute Gasteiger partial charge is 0.385 e. The van der Waals surface area contributed by atoms with E-state index in [9.17, 15) is 0 Å². The first kappa shape index (κ1) is 12.8. The summed E-state index contributed by atoms with van der Waals surface area (Å²) in [6.07, 6.45) is 0. The molecule has 94 valence electrons. The molecular formula is C14H22O2Si. The van der Waals surface area contributed by atoms with Crippen LogP contribution in [0.3, 0.4) is 0 Å². The summed E-state index contributed by atoms with van der Waals surface area (Å²) < 4.78 is 12.0. The minimum absolute atomic E-state index is 0.209. The smallest absolute Gasteiger partial charge is 0.210 e. The number of hydrogen-bond acceptors (Lipinski definition) is 2. The molecule has 1 atom stereocenters. The lowest BCUT2D eigenvalue weighted by Gasteiger charge is -2.38. The van der Waals surface area contributed by atoms with Gasteiger partial charge in [0.15, 0.2) is 8.32 Å². The number of rotatable bonds is 3. The maximum atomic E-state index is 6.40. The second-order valence-electron chi connectivity index (χ2n) is 6.27. The summed E-state index contributed by atoms with van der Waals surface area (Å²) >= 11 is 0. The minimum atomic E-state index is -1.79. The Kier molecular flexibility index (Phi) is 2.96. The van der Waals surface area contributed by atoms with Crippen LogP contribution >= 0.6 is 0 Å². The van der Waals surface area contributed by atoms with E-state index in [1.165, 1.54) is 0 Å². The molecule has 0 amide bonds. The molecule has 0 radical (unpaired) electrons. The fraction of sp³-hybridized carbons (Fsp3) is 0.571. The fourth-order valence-corrected chi connectivity index (χ4v) is 2.97. The van der Waals surface area contributed by atoms with Gasteiger partial charge in [-0.3, -0.25) is 0 Å². The van der Waals surface area contributed by atoms with E-state index in [0.29, 0.717) is 6.61 Å². The molecule has 1 unspecified atom stereocenters. The topological polar surface area (TPSA) is 21.8 Å². The van der Waals surface area contributed by atoms with Gasteiger partial charge in [-0.25, -0.2) is 0 Å². The van der Waals surface area contributed by atoms with E-state index in [-0.39, 0.29) is 5.04 Å². The van der Waals surface area contributed by atoms with E-state index in [0.717, 1.165) is 5.56 Å². The normalized spacial score (nSPS) is 24.8. The van der Waals surface area contributed by atoms with Gasteiger partial charge in [0.1, 0.15) is 6.61 Å². The molecule has 1 aliphatic rings. The van der Waals surface area contributed by atoms with Crippen LogP contribution in [0.5, 0.6) is 0 Å². The van der Waals surface area contributed by atoms with Crippen molar-refractivity contribution in [2.45, 2.75) is 44.7 Å². The number of hydrogen-bond donors (Lipinski definition) is 0. The second-order valence-corrected chi connectivity index (χ2v) is 11.0. The van der Waals surface area contributed by atoms with Gasteiger partial charge in [-0.05, 0) is 18.1 Å². The molecule has 1 aromatic rings. The summed E-state index contributed by atoms with van der Waals surface area (Å²) in [7, 11) is -1.79. The van der Waals surface area contributed by atoms with Crippen molar-refractivity contribution < 1.29 is 9.16 Å². The van der Waals surface area contributed by atoms with Crippen molar-refractivity contribution in [1.82, 2.24) is 0 Å². The van der Waals surface area contributed by atoms with Gasteiger partial charge in [0.05, 0.1) is 0 Å². The monoisotopic (exact) mass is 250 g/mol. The summed E-state index contributed by atoms with van der Waals surface area (Å²) in [6, 6.07) is 10.3. The Bertz CT molecular complexity index is 388. The van der Waals surface area contributed by atoms with Crippen molar-refractivity contribution >= 4 is 8.32 Å². The molecule has 2 nitrogen and oxygen atoms in total. The molecule has 1 heterocycles. The van der Waals surface area contributed by atoms with E-state index in [1.807, 2.05) is 18.2 Å². The zero-order valence-electron chi connectivity index (χ0n) is 11.4. The van der Waals surface area contributed by atoms with Crippen LogP contribution in [-0.2, 0) is 14.9 Å². The highest BCUT2D eigenvalue weighted by Gasteiger charge is 2.54. The van der Waals surface area contributed by atoms with E-state index in [1.54, 1.807) is 0 Å². The van der Waals surface area contributed by atoms with Crippen LogP contribution < -0.4 is 0 Å². The molecule has 1 saturated heterocycles. The third-order valence-electron chi connectivity index (χ3n) is 3.85. The van der Waals surface area contributed by atoms with Crippen molar-refractivity contribution in [3.05, 3.63) is 35.9 Å². The minimum Gasteiger partial charge on any atom is -0.385 e. The summed E-state index contributed by atoms with van der Waals surface area (Å²) in [6.45, 7) is 12.0. The predicted molar refractivity (Wildman–Crippen MR) is 72.4 cm³/mol. The lowest BCUT2D eigenvalue weighted by molar-refractivity contribution is 0.0451. The average molecular weight is 250 g/mol. The van der Waals surface area contributed by atoms with Crippen LogP contribution in [0.2, 0.25) is 18.1 Å². The quantitative estimate of drug-likeness (QED) is 0.599. The number of ether oxygens (including phenoxy) is 1. The van der Waals surface area contributed by atoms with E-state index >= 15 is 0 Å². The Morgan fingerprint density at radius 1 is 1.18 bits per heavy atom. The Balaban J connectivity index is 2.20. The summed E-state index contributed by atoms with van der Waals surface area (Å²) in [5.74, 6) is -0.454. The van der Waals surface area contributed by atoms with Crippen molar-refractivity contribution in [2.24, 2.45) is 0 Å². The van der Waals surface area contributed by atoms with Gasteiger partial charge in [-0.15, -0.1) is 0 Å². The van der Waals surface area contributed by atoms with Gasteiger partial charge in [-0.1, -0.05) is 51.1 Å². The molecule has 1 aliphatic heterocycles. The van der Waals surface area contributed by atoms with E-state index in [2.05, 4.69) is 46.0 Å². The first-order chi connectivity index (χ1) is 7.77. The molecule has 0 bridgehead atoms. The Labute approximate surface area is 105 Å². The maximum absolute atomic E-state index is 6.40. The van der Waals surface area contributed by atoms with Gasteiger partial charge in [0, 0.05) is 5.56 Å². The Hall–Kier alpha value is -0.643. The lowest BCUT2D eigenvalue weighted by Crippen LogP contribution is -2.44. The highest BCUT2D eigenvalue weighted by molar-refractivity contribution is 6.74. The lowest BCUT2D eigenvalue weighted by atomic mass is 10.1. The molecule has 1 fully saturated rings. The molecule has 0 spiro atoms. The summed E-state index contributed by atoms with van der Waals surface area (Å²) in [4.78, 5) is 0. The molecule has 2 rings (SSSR count). The molecule has 17 heavy (non-hydrogen) atoms. The van der Waals surface area contributed by atoms with Gasteiger partial charge in [0.25, 0.3) is 0 Å². The first-order valence-corrected chi connectivity index (χ1v) is 9.07. The third-order valence-corrected chi connectivity index (χ3v) is 8.30. The first-order valence-electron chi connectivity index (χ1n) is 6.17. The number of epoxide rings is 1. The molecular weight excluding hydrogens is 228 g/mol. The van der Waals surface area contributed by atoms with Gasteiger partial charge in [-0.2, -0.15) is 0 Å². The molecule has 0 aromatic heterocycles. The van der Waals surface area contributed by atoms with Crippen LogP contribution in [0.15, 0.2) is 30.3 Å². The zero-order valence-corrected chi connectivity index (χ0v) is 12.4.